The highest BCUT2D eigenvalue weighted by Crippen LogP contribution is 2.24. The standard InChI is InChI=1S/C13H11N3O2S/c14-13-16-10-4-3-8(6-11(10)19-13)12(17)15-7-9-2-1-5-18-9/h1-6H,7H2,(H2,14,16)(H,15,17). The number of hydrogen-bond acceptors (Lipinski definition) is 5. The van der Waals surface area contributed by atoms with Crippen molar-refractivity contribution in [2.45, 2.75) is 6.54 Å². The zero-order valence-corrected chi connectivity index (χ0v) is 10.7. The minimum atomic E-state index is -0.148. The van der Waals surface area contributed by atoms with Crippen LogP contribution < -0.4 is 11.1 Å². The quantitative estimate of drug-likeness (QED) is 0.767. The van der Waals surface area contributed by atoms with Crippen molar-refractivity contribution < 1.29 is 9.21 Å². The maximum Gasteiger partial charge on any atom is 0.251 e. The summed E-state index contributed by atoms with van der Waals surface area (Å²) in [6, 6.07) is 8.92. The minimum Gasteiger partial charge on any atom is -0.467 e. The molecule has 96 valence electrons. The maximum absolute atomic E-state index is 12.0. The van der Waals surface area contributed by atoms with Gasteiger partial charge in [0.25, 0.3) is 5.91 Å². The summed E-state index contributed by atoms with van der Waals surface area (Å²) in [6.45, 7) is 0.370. The van der Waals surface area contributed by atoms with Crippen molar-refractivity contribution >= 4 is 32.6 Å². The van der Waals surface area contributed by atoms with Crippen molar-refractivity contribution in [1.82, 2.24) is 10.3 Å². The molecule has 0 bridgehead atoms. The number of fused-ring (bicyclic) bond motifs is 1. The largest absolute Gasteiger partial charge is 0.467 e. The Balaban J connectivity index is 1.77. The second kappa shape index (κ2) is 4.74. The molecule has 0 spiro atoms. The molecule has 0 saturated heterocycles. The number of amides is 1. The van der Waals surface area contributed by atoms with Gasteiger partial charge in [-0.15, -0.1) is 0 Å². The maximum atomic E-state index is 12.0. The van der Waals surface area contributed by atoms with E-state index in [9.17, 15) is 4.79 Å². The average Bonchev–Trinajstić information content (AvgIpc) is 3.02. The van der Waals surface area contributed by atoms with Gasteiger partial charge < -0.3 is 15.5 Å². The van der Waals surface area contributed by atoms with Gasteiger partial charge in [0.05, 0.1) is 23.0 Å². The molecule has 1 amide bonds. The number of carbonyl (C=O) groups excluding carboxylic acids is 1. The van der Waals surface area contributed by atoms with Crippen molar-refractivity contribution in [1.29, 1.82) is 0 Å². The molecular weight excluding hydrogens is 262 g/mol. The molecule has 3 N–H and O–H groups in total. The van der Waals surface area contributed by atoms with Crippen molar-refractivity contribution in [3.8, 4) is 0 Å². The SMILES string of the molecule is Nc1nc2ccc(C(=O)NCc3ccco3)cc2s1. The van der Waals surface area contributed by atoms with Crippen LogP contribution >= 0.6 is 11.3 Å². The molecule has 0 radical (unpaired) electrons. The van der Waals surface area contributed by atoms with E-state index in [0.29, 0.717) is 17.2 Å². The summed E-state index contributed by atoms with van der Waals surface area (Å²) in [6.07, 6.45) is 1.58. The van der Waals surface area contributed by atoms with E-state index in [1.54, 1.807) is 30.5 Å². The number of carbonyl (C=O) groups is 1. The third-order valence-electron chi connectivity index (χ3n) is 2.67. The number of thiazole rings is 1. The molecule has 6 heteroatoms. The minimum absolute atomic E-state index is 0.148. The fourth-order valence-electron chi connectivity index (χ4n) is 1.77. The molecule has 0 aliphatic heterocycles. The second-order valence-electron chi connectivity index (χ2n) is 4.00. The van der Waals surface area contributed by atoms with Crippen LogP contribution in [0.3, 0.4) is 0 Å². The Morgan fingerprint density at radius 1 is 1.42 bits per heavy atom. The Bertz CT molecular complexity index is 719. The Labute approximate surface area is 113 Å². The first-order valence-corrected chi connectivity index (χ1v) is 6.51. The summed E-state index contributed by atoms with van der Waals surface area (Å²) in [5.41, 5.74) is 7.03. The fourth-order valence-corrected chi connectivity index (χ4v) is 2.54. The molecule has 0 unspecified atom stereocenters. The number of nitrogens with two attached hydrogens (primary N) is 1. The number of benzene rings is 1. The van der Waals surface area contributed by atoms with Crippen LogP contribution in [-0.4, -0.2) is 10.9 Å². The van der Waals surface area contributed by atoms with Gasteiger partial charge in [-0.3, -0.25) is 4.79 Å². The molecule has 0 fully saturated rings. The van der Waals surface area contributed by atoms with Gasteiger partial charge in [-0.1, -0.05) is 11.3 Å². The Morgan fingerprint density at radius 2 is 2.32 bits per heavy atom. The Kier molecular flexibility index (Phi) is 2.92. The van der Waals surface area contributed by atoms with Gasteiger partial charge in [0.2, 0.25) is 0 Å². The van der Waals surface area contributed by atoms with Gasteiger partial charge in [-0.05, 0) is 30.3 Å². The molecule has 5 nitrogen and oxygen atoms in total. The molecule has 2 aromatic heterocycles. The van der Waals surface area contributed by atoms with E-state index in [1.165, 1.54) is 11.3 Å². The number of nitrogen functional groups attached to an aromatic ring is 1. The number of nitrogens with one attached hydrogen (secondary N) is 1. The highest BCUT2D eigenvalue weighted by molar-refractivity contribution is 7.22. The number of rotatable bonds is 3. The van der Waals surface area contributed by atoms with E-state index < -0.39 is 0 Å². The van der Waals surface area contributed by atoms with E-state index in [2.05, 4.69) is 10.3 Å². The summed E-state index contributed by atoms with van der Waals surface area (Å²) in [4.78, 5) is 16.1. The number of anilines is 1. The predicted octanol–water partition coefficient (Wildman–Crippen LogP) is 2.40. The van der Waals surface area contributed by atoms with Crippen molar-refractivity contribution in [2.75, 3.05) is 5.73 Å². The van der Waals surface area contributed by atoms with E-state index in [1.807, 2.05) is 6.07 Å². The third kappa shape index (κ3) is 2.43. The summed E-state index contributed by atoms with van der Waals surface area (Å²) in [5, 5.41) is 3.30. The summed E-state index contributed by atoms with van der Waals surface area (Å²) in [7, 11) is 0. The van der Waals surface area contributed by atoms with Crippen LogP contribution in [0.15, 0.2) is 41.0 Å². The van der Waals surface area contributed by atoms with E-state index in [4.69, 9.17) is 10.2 Å². The van der Waals surface area contributed by atoms with E-state index in [-0.39, 0.29) is 5.91 Å². The van der Waals surface area contributed by atoms with Gasteiger partial charge in [0, 0.05) is 5.56 Å². The van der Waals surface area contributed by atoms with E-state index in [0.717, 1.165) is 16.0 Å². The van der Waals surface area contributed by atoms with E-state index >= 15 is 0 Å². The van der Waals surface area contributed by atoms with Gasteiger partial charge in [0.15, 0.2) is 5.13 Å². The van der Waals surface area contributed by atoms with Gasteiger partial charge in [-0.2, -0.15) is 0 Å². The smallest absolute Gasteiger partial charge is 0.251 e. The topological polar surface area (TPSA) is 81.1 Å². The van der Waals surface area contributed by atoms with Crippen LogP contribution in [0.1, 0.15) is 16.1 Å². The number of hydrogen-bond donors (Lipinski definition) is 2. The second-order valence-corrected chi connectivity index (χ2v) is 5.06. The summed E-state index contributed by atoms with van der Waals surface area (Å²) >= 11 is 1.37. The molecule has 0 saturated carbocycles. The first kappa shape index (κ1) is 11.7. The van der Waals surface area contributed by atoms with Crippen LogP contribution in [0, 0.1) is 0 Å². The van der Waals surface area contributed by atoms with Crippen molar-refractivity contribution in [3.05, 3.63) is 47.9 Å². The summed E-state index contributed by atoms with van der Waals surface area (Å²) in [5.74, 6) is 0.571. The molecule has 19 heavy (non-hydrogen) atoms. The lowest BCUT2D eigenvalue weighted by Crippen LogP contribution is -2.22. The predicted molar refractivity (Wildman–Crippen MR) is 73.9 cm³/mol. The first-order valence-electron chi connectivity index (χ1n) is 5.69. The molecule has 3 rings (SSSR count). The molecule has 0 aliphatic carbocycles. The fraction of sp³-hybridized carbons (Fsp3) is 0.0769. The number of nitrogens with zero attached hydrogens (tertiary/aromatic N) is 1. The zero-order chi connectivity index (χ0) is 13.2. The molecular formula is C13H11N3O2S. The van der Waals surface area contributed by atoms with Crippen LogP contribution in [0.25, 0.3) is 10.2 Å². The monoisotopic (exact) mass is 273 g/mol. The van der Waals surface area contributed by atoms with Crippen molar-refractivity contribution in [2.24, 2.45) is 0 Å². The van der Waals surface area contributed by atoms with Crippen LogP contribution in [0.5, 0.6) is 0 Å². The normalized spacial score (nSPS) is 10.7. The molecule has 0 atom stereocenters. The Hall–Kier alpha value is -2.34. The molecule has 3 aromatic rings. The Morgan fingerprint density at radius 3 is 3.11 bits per heavy atom. The van der Waals surface area contributed by atoms with Crippen LogP contribution in [0.2, 0.25) is 0 Å². The number of furan rings is 1. The van der Waals surface area contributed by atoms with Crippen LogP contribution in [0.4, 0.5) is 5.13 Å². The highest BCUT2D eigenvalue weighted by atomic mass is 32.1. The van der Waals surface area contributed by atoms with Crippen molar-refractivity contribution in [3.63, 3.8) is 0 Å². The molecule has 0 aliphatic rings. The van der Waals surface area contributed by atoms with Gasteiger partial charge in [0.1, 0.15) is 5.76 Å². The number of aromatic nitrogens is 1. The molecule has 2 heterocycles. The average molecular weight is 273 g/mol. The lowest BCUT2D eigenvalue weighted by Gasteiger charge is -2.03. The summed E-state index contributed by atoms with van der Waals surface area (Å²) < 4.78 is 6.06. The lowest BCUT2D eigenvalue weighted by atomic mass is 10.2. The third-order valence-corrected chi connectivity index (χ3v) is 3.52. The first-order chi connectivity index (χ1) is 9.22. The van der Waals surface area contributed by atoms with Crippen LogP contribution in [-0.2, 0) is 6.54 Å². The highest BCUT2D eigenvalue weighted by Gasteiger charge is 2.09. The lowest BCUT2D eigenvalue weighted by molar-refractivity contribution is 0.0948. The zero-order valence-electron chi connectivity index (χ0n) is 9.92. The van der Waals surface area contributed by atoms with Gasteiger partial charge in [-0.25, -0.2) is 4.98 Å². The molecule has 1 aromatic carbocycles. The van der Waals surface area contributed by atoms with Gasteiger partial charge >= 0.3 is 0 Å².